The maximum absolute atomic E-state index is 12.5. The maximum Gasteiger partial charge on any atom is 0.259 e. The van der Waals surface area contributed by atoms with Crippen LogP contribution in [0.1, 0.15) is 15.9 Å². The molecule has 23 heavy (non-hydrogen) atoms. The van der Waals surface area contributed by atoms with Crippen LogP contribution in [-0.4, -0.2) is 18.1 Å². The molecule has 1 amide bonds. The van der Waals surface area contributed by atoms with Crippen molar-refractivity contribution in [2.24, 2.45) is 0 Å². The van der Waals surface area contributed by atoms with E-state index in [0.29, 0.717) is 11.4 Å². The van der Waals surface area contributed by atoms with Gasteiger partial charge < -0.3 is 15.2 Å². The number of benzene rings is 3. The zero-order valence-electron chi connectivity index (χ0n) is 13.0. The third-order valence-corrected chi connectivity index (χ3v) is 3.71. The number of anilines is 1. The molecule has 0 radical (unpaired) electrons. The fraction of sp³-hybridized carbons (Fsp3) is 0.105. The topological polar surface area (TPSA) is 58.6 Å². The molecule has 0 saturated heterocycles. The number of phenols is 1. The number of ether oxygens (including phenoxy) is 1. The number of rotatable bonds is 3. The lowest BCUT2D eigenvalue weighted by molar-refractivity contribution is 0.102. The largest absolute Gasteiger partial charge is 0.507 e. The lowest BCUT2D eigenvalue weighted by atomic mass is 10.1. The first-order valence-electron chi connectivity index (χ1n) is 7.26. The molecular formula is C19H17NO3. The highest BCUT2D eigenvalue weighted by Crippen LogP contribution is 2.29. The Morgan fingerprint density at radius 3 is 2.43 bits per heavy atom. The average molecular weight is 307 g/mol. The second kappa shape index (κ2) is 6.01. The Labute approximate surface area is 134 Å². The van der Waals surface area contributed by atoms with Crippen molar-refractivity contribution in [3.8, 4) is 11.5 Å². The number of carbonyl (C=O) groups is 1. The number of carbonyl (C=O) groups excluding carboxylic acids is 1. The molecule has 0 aromatic heterocycles. The standard InChI is InChI=1S/C19H17NO3/c1-12-7-8-18(23-2)16(9-12)20-19(22)15-10-13-5-3-4-6-14(13)11-17(15)21/h3-11,21H,1-2H3,(H,20,22). The van der Waals surface area contributed by atoms with E-state index in [9.17, 15) is 9.90 Å². The van der Waals surface area contributed by atoms with E-state index in [0.717, 1.165) is 16.3 Å². The molecular weight excluding hydrogens is 290 g/mol. The molecule has 116 valence electrons. The van der Waals surface area contributed by atoms with Crippen molar-refractivity contribution in [1.82, 2.24) is 0 Å². The van der Waals surface area contributed by atoms with Crippen molar-refractivity contribution in [2.75, 3.05) is 12.4 Å². The summed E-state index contributed by atoms with van der Waals surface area (Å²) in [5.74, 6) is 0.147. The van der Waals surface area contributed by atoms with Gasteiger partial charge in [-0.3, -0.25) is 4.79 Å². The molecule has 4 heteroatoms. The molecule has 3 aromatic rings. The molecule has 0 bridgehead atoms. The van der Waals surface area contributed by atoms with Crippen LogP contribution in [0.25, 0.3) is 10.8 Å². The third kappa shape index (κ3) is 2.97. The number of fused-ring (bicyclic) bond motifs is 1. The lowest BCUT2D eigenvalue weighted by Crippen LogP contribution is -2.13. The van der Waals surface area contributed by atoms with Gasteiger partial charge >= 0.3 is 0 Å². The Bertz CT molecular complexity index is 887. The van der Waals surface area contributed by atoms with Gasteiger partial charge in [-0.2, -0.15) is 0 Å². The maximum atomic E-state index is 12.5. The number of hydrogen-bond acceptors (Lipinski definition) is 3. The summed E-state index contributed by atoms with van der Waals surface area (Å²) in [4.78, 5) is 12.5. The lowest BCUT2D eigenvalue weighted by Gasteiger charge is -2.12. The van der Waals surface area contributed by atoms with Crippen molar-refractivity contribution >= 4 is 22.4 Å². The molecule has 2 N–H and O–H groups in total. The van der Waals surface area contributed by atoms with Gasteiger partial charge in [-0.1, -0.05) is 30.3 Å². The SMILES string of the molecule is COc1ccc(C)cc1NC(=O)c1cc2ccccc2cc1O. The highest BCUT2D eigenvalue weighted by atomic mass is 16.5. The van der Waals surface area contributed by atoms with Crippen LogP contribution in [0.5, 0.6) is 11.5 Å². The van der Waals surface area contributed by atoms with Crippen molar-refractivity contribution in [3.63, 3.8) is 0 Å². The Hall–Kier alpha value is -3.01. The summed E-state index contributed by atoms with van der Waals surface area (Å²) in [6, 6.07) is 16.4. The summed E-state index contributed by atoms with van der Waals surface area (Å²) in [5.41, 5.74) is 1.81. The Kier molecular flexibility index (Phi) is 3.89. The molecule has 0 aliphatic rings. The van der Waals surface area contributed by atoms with Crippen molar-refractivity contribution in [3.05, 3.63) is 65.7 Å². The molecule has 4 nitrogen and oxygen atoms in total. The smallest absolute Gasteiger partial charge is 0.259 e. The van der Waals surface area contributed by atoms with Crippen LogP contribution in [0.2, 0.25) is 0 Å². The van der Waals surface area contributed by atoms with Gasteiger partial charge in [-0.15, -0.1) is 0 Å². The van der Waals surface area contributed by atoms with Crippen LogP contribution >= 0.6 is 0 Å². The fourth-order valence-electron chi connectivity index (χ4n) is 2.52. The van der Waals surface area contributed by atoms with E-state index in [1.807, 2.05) is 43.3 Å². The number of methoxy groups -OCH3 is 1. The van der Waals surface area contributed by atoms with E-state index in [1.165, 1.54) is 0 Å². The Balaban J connectivity index is 1.98. The van der Waals surface area contributed by atoms with Crippen LogP contribution in [0.3, 0.4) is 0 Å². The predicted octanol–water partition coefficient (Wildman–Crippen LogP) is 4.11. The summed E-state index contributed by atoms with van der Waals surface area (Å²) < 4.78 is 5.26. The second-order valence-corrected chi connectivity index (χ2v) is 5.37. The van der Waals surface area contributed by atoms with Gasteiger partial charge in [0.15, 0.2) is 0 Å². The van der Waals surface area contributed by atoms with Crippen LogP contribution in [-0.2, 0) is 0 Å². The number of phenolic OH excluding ortho intramolecular Hbond substituents is 1. The molecule has 3 aromatic carbocycles. The fourth-order valence-corrected chi connectivity index (χ4v) is 2.52. The molecule has 3 rings (SSSR count). The van der Waals surface area contributed by atoms with Crippen LogP contribution in [0, 0.1) is 6.92 Å². The monoisotopic (exact) mass is 307 g/mol. The molecule has 0 spiro atoms. The third-order valence-electron chi connectivity index (χ3n) is 3.71. The molecule has 0 heterocycles. The molecule has 0 saturated carbocycles. The quantitative estimate of drug-likeness (QED) is 0.765. The minimum atomic E-state index is -0.378. The van der Waals surface area contributed by atoms with E-state index in [4.69, 9.17) is 4.74 Å². The van der Waals surface area contributed by atoms with Gasteiger partial charge in [0.1, 0.15) is 11.5 Å². The summed E-state index contributed by atoms with van der Waals surface area (Å²) in [7, 11) is 1.55. The van der Waals surface area contributed by atoms with Gasteiger partial charge in [0, 0.05) is 0 Å². The van der Waals surface area contributed by atoms with Crippen molar-refractivity contribution in [1.29, 1.82) is 0 Å². The van der Waals surface area contributed by atoms with E-state index < -0.39 is 0 Å². The average Bonchev–Trinajstić information content (AvgIpc) is 2.54. The van der Waals surface area contributed by atoms with Crippen molar-refractivity contribution < 1.29 is 14.6 Å². The first-order valence-corrected chi connectivity index (χ1v) is 7.26. The van der Waals surface area contributed by atoms with E-state index in [-0.39, 0.29) is 17.2 Å². The molecule has 0 aliphatic carbocycles. The Morgan fingerprint density at radius 1 is 1.04 bits per heavy atom. The van der Waals surface area contributed by atoms with Gasteiger partial charge in [0.2, 0.25) is 0 Å². The highest BCUT2D eigenvalue weighted by Gasteiger charge is 2.14. The molecule has 0 fully saturated rings. The molecule has 0 unspecified atom stereocenters. The van der Waals surface area contributed by atoms with Crippen molar-refractivity contribution in [2.45, 2.75) is 6.92 Å². The first-order chi connectivity index (χ1) is 11.1. The van der Waals surface area contributed by atoms with E-state index in [2.05, 4.69) is 5.32 Å². The summed E-state index contributed by atoms with van der Waals surface area (Å²) >= 11 is 0. The minimum absolute atomic E-state index is 0.0483. The molecule has 0 aliphatic heterocycles. The highest BCUT2D eigenvalue weighted by molar-refractivity contribution is 6.09. The number of hydrogen-bond donors (Lipinski definition) is 2. The normalized spacial score (nSPS) is 10.5. The van der Waals surface area contributed by atoms with Gasteiger partial charge in [-0.25, -0.2) is 0 Å². The summed E-state index contributed by atoms with van der Waals surface area (Å²) in [6.45, 7) is 1.93. The summed E-state index contributed by atoms with van der Waals surface area (Å²) in [5, 5.41) is 14.7. The number of aryl methyl sites for hydroxylation is 1. The van der Waals surface area contributed by atoms with Gasteiger partial charge in [-0.05, 0) is 47.5 Å². The number of amides is 1. The number of aromatic hydroxyl groups is 1. The van der Waals surface area contributed by atoms with E-state index >= 15 is 0 Å². The summed E-state index contributed by atoms with van der Waals surface area (Å²) in [6.07, 6.45) is 0. The predicted molar refractivity (Wildman–Crippen MR) is 91.3 cm³/mol. The van der Waals surface area contributed by atoms with Crippen LogP contribution in [0.4, 0.5) is 5.69 Å². The van der Waals surface area contributed by atoms with Crippen LogP contribution < -0.4 is 10.1 Å². The minimum Gasteiger partial charge on any atom is -0.507 e. The second-order valence-electron chi connectivity index (χ2n) is 5.37. The van der Waals surface area contributed by atoms with E-state index in [1.54, 1.807) is 25.3 Å². The zero-order chi connectivity index (χ0) is 16.4. The Morgan fingerprint density at radius 2 is 1.74 bits per heavy atom. The molecule has 0 atom stereocenters. The first kappa shape index (κ1) is 14.9. The number of nitrogens with one attached hydrogen (secondary N) is 1. The zero-order valence-corrected chi connectivity index (χ0v) is 13.0. The van der Waals surface area contributed by atoms with Gasteiger partial charge in [0.25, 0.3) is 5.91 Å². The van der Waals surface area contributed by atoms with Crippen LogP contribution in [0.15, 0.2) is 54.6 Å². The van der Waals surface area contributed by atoms with Gasteiger partial charge in [0.05, 0.1) is 18.4 Å².